The average molecular weight is 213 g/mol. The van der Waals surface area contributed by atoms with Crippen LogP contribution in [-0.4, -0.2) is 56.2 Å². The van der Waals surface area contributed by atoms with E-state index >= 15 is 0 Å². The van der Waals surface area contributed by atoms with Crippen LogP contribution in [0.4, 0.5) is 0 Å². The highest BCUT2D eigenvalue weighted by atomic mass is 16.5. The summed E-state index contributed by atoms with van der Waals surface area (Å²) in [4.78, 5) is 13.4. The minimum Gasteiger partial charge on any atom is -0.376 e. The molecule has 1 amide bonds. The maximum Gasteiger partial charge on any atom is 0.234 e. The maximum absolute atomic E-state index is 11.5. The molecule has 0 spiro atoms. The van der Waals surface area contributed by atoms with E-state index in [-0.39, 0.29) is 24.1 Å². The van der Waals surface area contributed by atoms with Gasteiger partial charge in [-0.15, -0.1) is 0 Å². The van der Waals surface area contributed by atoms with Crippen LogP contribution in [0.2, 0.25) is 0 Å². The molecule has 3 N–H and O–H groups in total. The zero-order chi connectivity index (χ0) is 11.0. The third kappa shape index (κ3) is 2.00. The Balaban J connectivity index is 1.82. The van der Waals surface area contributed by atoms with Gasteiger partial charge in [0.15, 0.2) is 0 Å². The summed E-state index contributed by atoms with van der Waals surface area (Å²) >= 11 is 0. The fourth-order valence-electron chi connectivity index (χ4n) is 2.45. The van der Waals surface area contributed by atoms with Crippen molar-refractivity contribution in [3.63, 3.8) is 0 Å². The van der Waals surface area contributed by atoms with Crippen molar-refractivity contribution < 1.29 is 9.53 Å². The zero-order valence-electron chi connectivity index (χ0n) is 9.27. The highest BCUT2D eigenvalue weighted by Gasteiger charge is 2.52. The summed E-state index contributed by atoms with van der Waals surface area (Å²) < 4.78 is 5.53. The molecule has 2 fully saturated rings. The quantitative estimate of drug-likeness (QED) is 0.616. The fourth-order valence-corrected chi connectivity index (χ4v) is 2.45. The van der Waals surface area contributed by atoms with E-state index in [2.05, 4.69) is 5.32 Å². The number of ether oxygens (including phenoxy) is 1. The fraction of sp³-hybridized carbons (Fsp3) is 0.900. The van der Waals surface area contributed by atoms with Crippen LogP contribution in [0, 0.1) is 5.92 Å². The van der Waals surface area contributed by atoms with Gasteiger partial charge >= 0.3 is 0 Å². The van der Waals surface area contributed by atoms with E-state index in [0.717, 1.165) is 13.0 Å². The van der Waals surface area contributed by atoms with Crippen molar-refractivity contribution in [2.45, 2.75) is 24.6 Å². The van der Waals surface area contributed by atoms with Crippen LogP contribution in [-0.2, 0) is 9.53 Å². The molecule has 1 aliphatic carbocycles. The monoisotopic (exact) mass is 213 g/mol. The Kier molecular flexibility index (Phi) is 2.95. The third-order valence-electron chi connectivity index (χ3n) is 3.23. The van der Waals surface area contributed by atoms with Crippen molar-refractivity contribution in [1.82, 2.24) is 10.2 Å². The van der Waals surface area contributed by atoms with Crippen LogP contribution in [0.3, 0.4) is 0 Å². The van der Waals surface area contributed by atoms with Gasteiger partial charge in [-0.1, -0.05) is 0 Å². The second-order valence-corrected chi connectivity index (χ2v) is 4.70. The van der Waals surface area contributed by atoms with Crippen LogP contribution in [0.25, 0.3) is 0 Å². The van der Waals surface area contributed by atoms with Gasteiger partial charge in [-0.2, -0.15) is 0 Å². The first kappa shape index (κ1) is 10.9. The van der Waals surface area contributed by atoms with E-state index in [1.54, 1.807) is 0 Å². The van der Waals surface area contributed by atoms with E-state index in [9.17, 15) is 4.79 Å². The van der Waals surface area contributed by atoms with Gasteiger partial charge in [0.25, 0.3) is 0 Å². The molecule has 15 heavy (non-hydrogen) atoms. The number of hydrogen-bond donors (Lipinski definition) is 2. The topological polar surface area (TPSA) is 67.6 Å². The standard InChI is InChI=1S/C10H19N3O2/c1-13(2)5-7(14)12-9-8(11)6-3-4-15-10(6)9/h6,8-10H,3-5,11H2,1-2H3,(H,12,14). The van der Waals surface area contributed by atoms with Crippen LogP contribution in [0.5, 0.6) is 0 Å². The number of hydrogen-bond acceptors (Lipinski definition) is 4. The number of carbonyl (C=O) groups excluding carboxylic acids is 1. The molecule has 2 rings (SSSR count). The normalized spacial score (nSPS) is 38.7. The van der Waals surface area contributed by atoms with E-state index in [1.807, 2.05) is 19.0 Å². The molecule has 5 heteroatoms. The molecule has 1 heterocycles. The molecule has 0 aromatic carbocycles. The van der Waals surface area contributed by atoms with Crippen LogP contribution in [0.1, 0.15) is 6.42 Å². The summed E-state index contributed by atoms with van der Waals surface area (Å²) in [6.45, 7) is 1.18. The first-order chi connectivity index (χ1) is 7.09. The molecule has 0 aromatic heterocycles. The molecule has 4 atom stereocenters. The lowest BCUT2D eigenvalue weighted by molar-refractivity contribution is -0.126. The lowest BCUT2D eigenvalue weighted by atomic mass is 9.72. The highest BCUT2D eigenvalue weighted by Crippen LogP contribution is 2.37. The summed E-state index contributed by atoms with van der Waals surface area (Å²) in [6.07, 6.45) is 1.19. The lowest BCUT2D eigenvalue weighted by Gasteiger charge is -2.45. The molecule has 5 nitrogen and oxygen atoms in total. The van der Waals surface area contributed by atoms with Gasteiger partial charge in [-0.25, -0.2) is 0 Å². The molecule has 2 aliphatic rings. The molecular formula is C10H19N3O2. The van der Waals surface area contributed by atoms with Crippen molar-refractivity contribution in [3.8, 4) is 0 Å². The van der Waals surface area contributed by atoms with Gasteiger partial charge < -0.3 is 20.7 Å². The number of nitrogens with two attached hydrogens (primary N) is 1. The number of amides is 1. The Morgan fingerprint density at radius 1 is 1.60 bits per heavy atom. The molecule has 0 radical (unpaired) electrons. The summed E-state index contributed by atoms with van der Waals surface area (Å²) in [6, 6.07) is 0.0913. The Morgan fingerprint density at radius 3 is 3.00 bits per heavy atom. The molecule has 0 aromatic rings. The van der Waals surface area contributed by atoms with Gasteiger partial charge in [0.05, 0.1) is 18.7 Å². The zero-order valence-corrected chi connectivity index (χ0v) is 9.27. The number of nitrogens with one attached hydrogen (secondary N) is 1. The van der Waals surface area contributed by atoms with E-state index in [4.69, 9.17) is 10.5 Å². The van der Waals surface area contributed by atoms with Crippen LogP contribution in [0.15, 0.2) is 0 Å². The molecule has 4 unspecified atom stereocenters. The number of rotatable bonds is 3. The highest BCUT2D eigenvalue weighted by molar-refractivity contribution is 5.78. The van der Waals surface area contributed by atoms with Crippen LogP contribution < -0.4 is 11.1 Å². The summed E-state index contributed by atoms with van der Waals surface area (Å²) in [7, 11) is 3.74. The maximum atomic E-state index is 11.5. The summed E-state index contributed by atoms with van der Waals surface area (Å²) in [5.41, 5.74) is 5.98. The SMILES string of the molecule is CN(C)CC(=O)NC1C(N)C2CCOC21. The molecule has 1 aliphatic heterocycles. The first-order valence-corrected chi connectivity index (χ1v) is 5.41. The van der Waals surface area contributed by atoms with Crippen molar-refractivity contribution in [3.05, 3.63) is 0 Å². The van der Waals surface area contributed by atoms with Crippen molar-refractivity contribution in [1.29, 1.82) is 0 Å². The molecule has 86 valence electrons. The number of nitrogens with zero attached hydrogens (tertiary/aromatic N) is 1. The van der Waals surface area contributed by atoms with Gasteiger partial charge in [-0.3, -0.25) is 4.79 Å². The van der Waals surface area contributed by atoms with E-state index in [0.29, 0.717) is 12.5 Å². The van der Waals surface area contributed by atoms with E-state index < -0.39 is 0 Å². The third-order valence-corrected chi connectivity index (χ3v) is 3.23. The molecule has 1 saturated carbocycles. The van der Waals surface area contributed by atoms with Crippen molar-refractivity contribution in [2.24, 2.45) is 11.7 Å². The average Bonchev–Trinajstić information content (AvgIpc) is 2.57. The smallest absolute Gasteiger partial charge is 0.234 e. The second kappa shape index (κ2) is 4.08. The van der Waals surface area contributed by atoms with Crippen molar-refractivity contribution >= 4 is 5.91 Å². The van der Waals surface area contributed by atoms with E-state index in [1.165, 1.54) is 0 Å². The Bertz CT molecular complexity index is 257. The number of likely N-dealkylation sites (N-methyl/N-ethyl adjacent to an activating group) is 1. The Morgan fingerprint density at radius 2 is 2.33 bits per heavy atom. The first-order valence-electron chi connectivity index (χ1n) is 5.41. The predicted molar refractivity (Wildman–Crippen MR) is 56.3 cm³/mol. The van der Waals surface area contributed by atoms with Gasteiger partial charge in [0.2, 0.25) is 5.91 Å². The second-order valence-electron chi connectivity index (χ2n) is 4.70. The molecule has 1 saturated heterocycles. The Hall–Kier alpha value is -0.650. The van der Waals surface area contributed by atoms with Crippen LogP contribution >= 0.6 is 0 Å². The minimum absolute atomic E-state index is 0.0185. The summed E-state index contributed by atoms with van der Waals surface area (Å²) in [5.74, 6) is 0.476. The Labute approximate surface area is 89.9 Å². The number of fused-ring (bicyclic) bond motifs is 1. The largest absolute Gasteiger partial charge is 0.376 e. The summed E-state index contributed by atoms with van der Waals surface area (Å²) in [5, 5.41) is 2.94. The predicted octanol–water partition coefficient (Wildman–Crippen LogP) is -1.22. The van der Waals surface area contributed by atoms with Crippen molar-refractivity contribution in [2.75, 3.05) is 27.2 Å². The van der Waals surface area contributed by atoms with Gasteiger partial charge in [0.1, 0.15) is 0 Å². The van der Waals surface area contributed by atoms with Gasteiger partial charge in [0, 0.05) is 18.6 Å². The number of carbonyl (C=O) groups is 1. The minimum atomic E-state index is 0.0185. The molecule has 0 bridgehead atoms. The lowest BCUT2D eigenvalue weighted by Crippen LogP contribution is -2.69. The van der Waals surface area contributed by atoms with Gasteiger partial charge in [-0.05, 0) is 20.5 Å². The molecular weight excluding hydrogens is 194 g/mol.